The van der Waals surface area contributed by atoms with Crippen LogP contribution in [0.3, 0.4) is 0 Å². The fraction of sp³-hybridized carbons (Fsp3) is 0.583. The Hall–Kier alpha value is -2.05. The lowest BCUT2D eigenvalue weighted by atomic mass is 10.00. The molecule has 0 spiro atoms. The van der Waals surface area contributed by atoms with E-state index in [9.17, 15) is 14.7 Å². The number of rotatable bonds is 4. The Balaban J connectivity index is 2.23. The first kappa shape index (κ1) is 13.4. The molecule has 1 fully saturated rings. The number of hydrogen-bond acceptors (Lipinski definition) is 6. The third-order valence-corrected chi connectivity index (χ3v) is 3.31. The number of anilines is 1. The summed E-state index contributed by atoms with van der Waals surface area (Å²) in [5.41, 5.74) is -0.993. The van der Waals surface area contributed by atoms with Crippen LogP contribution < -0.4 is 4.90 Å². The minimum atomic E-state index is -1.04. The summed E-state index contributed by atoms with van der Waals surface area (Å²) in [7, 11) is 0. The Morgan fingerprint density at radius 3 is 3.00 bits per heavy atom. The topological polar surface area (TPSA) is 92.9 Å². The van der Waals surface area contributed by atoms with E-state index in [4.69, 9.17) is 9.15 Å². The van der Waals surface area contributed by atoms with E-state index in [0.29, 0.717) is 13.0 Å². The van der Waals surface area contributed by atoms with Crippen LogP contribution in [-0.4, -0.2) is 40.7 Å². The highest BCUT2D eigenvalue weighted by molar-refractivity contribution is 5.87. The van der Waals surface area contributed by atoms with Crippen molar-refractivity contribution in [2.24, 2.45) is 0 Å². The molecule has 104 valence electrons. The summed E-state index contributed by atoms with van der Waals surface area (Å²) in [6.07, 6.45) is 2.44. The van der Waals surface area contributed by atoms with Gasteiger partial charge in [0.05, 0.1) is 6.61 Å². The van der Waals surface area contributed by atoms with E-state index < -0.39 is 17.5 Å². The molecular weight excluding hydrogens is 252 g/mol. The Morgan fingerprint density at radius 1 is 1.63 bits per heavy atom. The van der Waals surface area contributed by atoms with Gasteiger partial charge in [-0.1, -0.05) is 0 Å². The summed E-state index contributed by atoms with van der Waals surface area (Å²) in [6, 6.07) is 0.144. The quantitative estimate of drug-likeness (QED) is 0.822. The van der Waals surface area contributed by atoms with Gasteiger partial charge in [0.25, 0.3) is 6.01 Å². The van der Waals surface area contributed by atoms with Crippen molar-refractivity contribution in [2.75, 3.05) is 18.1 Å². The van der Waals surface area contributed by atoms with Gasteiger partial charge >= 0.3 is 11.9 Å². The number of ether oxygens (including phenoxy) is 1. The molecule has 7 nitrogen and oxygen atoms in total. The molecule has 2 rings (SSSR count). The Bertz CT molecular complexity index is 498. The Kier molecular flexibility index (Phi) is 3.46. The number of aliphatic carboxylic acids is 1. The molecule has 19 heavy (non-hydrogen) atoms. The number of hydrogen-bond donors (Lipinski definition) is 1. The van der Waals surface area contributed by atoms with Gasteiger partial charge in [-0.2, -0.15) is 4.98 Å². The first-order valence-electron chi connectivity index (χ1n) is 6.12. The zero-order chi connectivity index (χ0) is 14.0. The molecule has 1 N–H and O–H groups in total. The summed E-state index contributed by atoms with van der Waals surface area (Å²) >= 11 is 0. The highest BCUT2D eigenvalue weighted by atomic mass is 16.5. The molecule has 0 amide bonds. The first-order valence-corrected chi connectivity index (χ1v) is 6.12. The van der Waals surface area contributed by atoms with Crippen LogP contribution in [0.15, 0.2) is 10.7 Å². The molecule has 1 aromatic rings. The van der Waals surface area contributed by atoms with Gasteiger partial charge in [-0.3, -0.25) is 0 Å². The van der Waals surface area contributed by atoms with Crippen LogP contribution in [-0.2, 0) is 9.53 Å². The van der Waals surface area contributed by atoms with Gasteiger partial charge in [0.2, 0.25) is 0 Å². The normalized spacial score (nSPS) is 22.5. The van der Waals surface area contributed by atoms with E-state index in [2.05, 4.69) is 4.98 Å². The van der Waals surface area contributed by atoms with Gasteiger partial charge in [0, 0.05) is 6.54 Å². The van der Waals surface area contributed by atoms with Crippen LogP contribution in [0.25, 0.3) is 0 Å². The molecule has 0 aliphatic carbocycles. The van der Waals surface area contributed by atoms with Crippen molar-refractivity contribution in [1.29, 1.82) is 0 Å². The highest BCUT2D eigenvalue weighted by Gasteiger charge is 2.45. The minimum absolute atomic E-state index is 0.0523. The first-order chi connectivity index (χ1) is 8.99. The van der Waals surface area contributed by atoms with Crippen molar-refractivity contribution in [1.82, 2.24) is 4.98 Å². The van der Waals surface area contributed by atoms with Crippen molar-refractivity contribution < 1.29 is 23.8 Å². The molecule has 1 saturated heterocycles. The maximum absolute atomic E-state index is 11.5. The van der Waals surface area contributed by atoms with Gasteiger partial charge in [-0.05, 0) is 26.7 Å². The Morgan fingerprint density at radius 2 is 2.37 bits per heavy atom. The molecular formula is C12H16N2O5. The molecule has 0 radical (unpaired) electrons. The van der Waals surface area contributed by atoms with Crippen LogP contribution >= 0.6 is 0 Å². The predicted octanol–water partition coefficient (Wildman–Crippen LogP) is 1.29. The number of carboxylic acids is 1. The molecule has 0 bridgehead atoms. The van der Waals surface area contributed by atoms with Crippen LogP contribution in [0, 0.1) is 0 Å². The largest absolute Gasteiger partial charge is 0.480 e. The minimum Gasteiger partial charge on any atom is -0.480 e. The second-order valence-corrected chi connectivity index (χ2v) is 4.57. The fourth-order valence-electron chi connectivity index (χ4n) is 2.18. The molecule has 0 saturated carbocycles. The summed E-state index contributed by atoms with van der Waals surface area (Å²) in [6.45, 7) is 4.10. The monoisotopic (exact) mass is 268 g/mol. The highest BCUT2D eigenvalue weighted by Crippen LogP contribution is 2.33. The fourth-order valence-corrected chi connectivity index (χ4v) is 2.18. The van der Waals surface area contributed by atoms with Gasteiger partial charge < -0.3 is 19.2 Å². The standard InChI is InChI=1S/C12H16N2O5/c1-3-18-9(15)8-7-19-11(13-8)14-6-4-5-12(14,2)10(16)17/h7H,3-6H2,1-2H3,(H,16,17). The number of carbonyl (C=O) groups is 2. The van der Waals surface area contributed by atoms with E-state index in [-0.39, 0.29) is 18.3 Å². The number of carbonyl (C=O) groups excluding carboxylic acids is 1. The van der Waals surface area contributed by atoms with E-state index in [1.54, 1.807) is 18.7 Å². The van der Waals surface area contributed by atoms with Gasteiger partial charge in [-0.15, -0.1) is 0 Å². The lowest BCUT2D eigenvalue weighted by molar-refractivity contribution is -0.142. The van der Waals surface area contributed by atoms with Crippen molar-refractivity contribution in [3.63, 3.8) is 0 Å². The molecule has 1 unspecified atom stereocenters. The van der Waals surface area contributed by atoms with E-state index in [1.807, 2.05) is 0 Å². The molecule has 1 aliphatic heterocycles. The summed E-state index contributed by atoms with van der Waals surface area (Å²) in [5.74, 6) is -1.50. The van der Waals surface area contributed by atoms with Gasteiger partial charge in [0.1, 0.15) is 11.8 Å². The third kappa shape index (κ3) is 2.27. The third-order valence-electron chi connectivity index (χ3n) is 3.31. The van der Waals surface area contributed by atoms with Crippen LogP contribution in [0.2, 0.25) is 0 Å². The van der Waals surface area contributed by atoms with Crippen molar-refractivity contribution >= 4 is 18.0 Å². The number of nitrogens with zero attached hydrogens (tertiary/aromatic N) is 2. The second kappa shape index (κ2) is 4.91. The smallest absolute Gasteiger partial charge is 0.360 e. The maximum atomic E-state index is 11.5. The summed E-state index contributed by atoms with van der Waals surface area (Å²) in [5, 5.41) is 9.30. The predicted molar refractivity (Wildman–Crippen MR) is 65.1 cm³/mol. The maximum Gasteiger partial charge on any atom is 0.360 e. The summed E-state index contributed by atoms with van der Waals surface area (Å²) in [4.78, 5) is 28.4. The van der Waals surface area contributed by atoms with E-state index in [1.165, 1.54) is 6.26 Å². The van der Waals surface area contributed by atoms with Crippen molar-refractivity contribution in [3.05, 3.63) is 12.0 Å². The number of carboxylic acid groups (broad SMARTS) is 1. The van der Waals surface area contributed by atoms with Crippen LogP contribution in [0.4, 0.5) is 6.01 Å². The SMILES string of the molecule is CCOC(=O)c1coc(N2CCCC2(C)C(=O)O)n1. The average Bonchev–Trinajstić information content (AvgIpc) is 2.96. The van der Waals surface area contributed by atoms with E-state index >= 15 is 0 Å². The lowest BCUT2D eigenvalue weighted by Crippen LogP contribution is -2.48. The van der Waals surface area contributed by atoms with E-state index in [0.717, 1.165) is 6.42 Å². The average molecular weight is 268 g/mol. The summed E-state index contributed by atoms with van der Waals surface area (Å²) < 4.78 is 10.0. The van der Waals surface area contributed by atoms with Gasteiger partial charge in [0.15, 0.2) is 5.69 Å². The molecule has 2 heterocycles. The number of aromatic nitrogens is 1. The van der Waals surface area contributed by atoms with Crippen molar-refractivity contribution in [3.8, 4) is 0 Å². The molecule has 1 atom stereocenters. The number of oxazole rings is 1. The number of esters is 1. The van der Waals surface area contributed by atoms with Crippen LogP contribution in [0.5, 0.6) is 0 Å². The zero-order valence-electron chi connectivity index (χ0n) is 10.9. The molecule has 7 heteroatoms. The zero-order valence-corrected chi connectivity index (χ0v) is 10.9. The van der Waals surface area contributed by atoms with Crippen molar-refractivity contribution in [2.45, 2.75) is 32.2 Å². The molecule has 1 aliphatic rings. The Labute approximate surface area is 110 Å². The second-order valence-electron chi connectivity index (χ2n) is 4.57. The van der Waals surface area contributed by atoms with Crippen LogP contribution in [0.1, 0.15) is 37.2 Å². The van der Waals surface area contributed by atoms with Gasteiger partial charge in [-0.25, -0.2) is 9.59 Å². The molecule has 1 aromatic heterocycles. The molecule has 0 aromatic carbocycles. The lowest BCUT2D eigenvalue weighted by Gasteiger charge is -2.29.